The molecule has 1 heterocycles. The molecule has 0 unspecified atom stereocenters. The zero-order valence-electron chi connectivity index (χ0n) is 10.3. The van der Waals surface area contributed by atoms with Crippen molar-refractivity contribution >= 4 is 5.91 Å². The van der Waals surface area contributed by atoms with Crippen molar-refractivity contribution in [3.05, 3.63) is 12.2 Å². The second kappa shape index (κ2) is 5.63. The number of aromatic amines is 1. The largest absolute Gasteiger partial charge is 0.349 e. The summed E-state index contributed by atoms with van der Waals surface area (Å²) in [6, 6.07) is 0. The van der Waals surface area contributed by atoms with Gasteiger partial charge in [-0.25, -0.2) is 4.98 Å². The van der Waals surface area contributed by atoms with Crippen LogP contribution in [0.15, 0.2) is 6.33 Å². The number of carbonyl (C=O) groups is 1. The number of H-pyrrole nitrogens is 1. The van der Waals surface area contributed by atoms with E-state index < -0.39 is 0 Å². The topological polar surface area (TPSA) is 70.7 Å². The van der Waals surface area contributed by atoms with E-state index in [2.05, 4.69) is 48.2 Å². The van der Waals surface area contributed by atoms with Crippen LogP contribution in [0.25, 0.3) is 0 Å². The fraction of sp³-hybridized carbons (Fsp3) is 0.727. The summed E-state index contributed by atoms with van der Waals surface area (Å²) in [5, 5.41) is 9.06. The third kappa shape index (κ3) is 3.32. The van der Waals surface area contributed by atoms with Crippen molar-refractivity contribution in [1.29, 1.82) is 0 Å². The number of hydrogen-bond donors (Lipinski definition) is 2. The van der Waals surface area contributed by atoms with Gasteiger partial charge in [0.1, 0.15) is 6.33 Å². The van der Waals surface area contributed by atoms with Crippen molar-refractivity contribution < 1.29 is 4.79 Å². The first kappa shape index (κ1) is 12.7. The zero-order chi connectivity index (χ0) is 12.1. The molecule has 2 N–H and O–H groups in total. The summed E-state index contributed by atoms with van der Waals surface area (Å²) in [7, 11) is 0. The van der Waals surface area contributed by atoms with Crippen LogP contribution >= 0.6 is 0 Å². The van der Waals surface area contributed by atoms with E-state index in [4.69, 9.17) is 0 Å². The van der Waals surface area contributed by atoms with E-state index >= 15 is 0 Å². The van der Waals surface area contributed by atoms with Crippen molar-refractivity contribution in [2.24, 2.45) is 17.8 Å². The fourth-order valence-electron chi connectivity index (χ4n) is 1.85. The van der Waals surface area contributed by atoms with Crippen molar-refractivity contribution in [3.8, 4) is 0 Å². The predicted molar refractivity (Wildman–Crippen MR) is 61.9 cm³/mol. The smallest absolute Gasteiger partial charge is 0.288 e. The van der Waals surface area contributed by atoms with E-state index in [1.165, 1.54) is 6.33 Å². The first-order chi connectivity index (χ1) is 7.52. The normalized spacial score (nSPS) is 11.4. The SMILES string of the molecule is CC(C)C(CNC(=O)c1ncn[nH]1)C(C)C. The Kier molecular flexibility index (Phi) is 4.46. The monoisotopic (exact) mass is 224 g/mol. The molecule has 0 aliphatic carbocycles. The number of carbonyl (C=O) groups excluding carboxylic acids is 1. The molecular formula is C11H20N4O. The highest BCUT2D eigenvalue weighted by Crippen LogP contribution is 2.19. The first-order valence-corrected chi connectivity index (χ1v) is 5.66. The van der Waals surface area contributed by atoms with Gasteiger partial charge in [0.2, 0.25) is 5.82 Å². The highest BCUT2D eigenvalue weighted by molar-refractivity contribution is 5.90. The molecule has 1 rings (SSSR count). The summed E-state index contributed by atoms with van der Waals surface area (Å²) < 4.78 is 0. The van der Waals surface area contributed by atoms with Crippen molar-refractivity contribution in [2.75, 3.05) is 6.54 Å². The molecule has 0 aliphatic heterocycles. The van der Waals surface area contributed by atoms with E-state index in [1.54, 1.807) is 0 Å². The van der Waals surface area contributed by atoms with Gasteiger partial charge in [0.15, 0.2) is 0 Å². The lowest BCUT2D eigenvalue weighted by atomic mass is 9.85. The lowest BCUT2D eigenvalue weighted by Crippen LogP contribution is -2.34. The van der Waals surface area contributed by atoms with Gasteiger partial charge in [0.25, 0.3) is 5.91 Å². The molecule has 0 radical (unpaired) electrons. The second-order valence-corrected chi connectivity index (χ2v) is 4.70. The number of aromatic nitrogens is 3. The highest BCUT2D eigenvalue weighted by Gasteiger charge is 2.19. The van der Waals surface area contributed by atoms with Crippen LogP contribution in [-0.4, -0.2) is 27.6 Å². The van der Waals surface area contributed by atoms with Gasteiger partial charge in [-0.1, -0.05) is 27.7 Å². The minimum atomic E-state index is -0.191. The molecule has 0 aromatic carbocycles. The highest BCUT2D eigenvalue weighted by atomic mass is 16.2. The Morgan fingerprint density at radius 1 is 1.38 bits per heavy atom. The summed E-state index contributed by atoms with van der Waals surface area (Å²) in [5.74, 6) is 1.66. The van der Waals surface area contributed by atoms with Gasteiger partial charge in [0, 0.05) is 6.54 Å². The van der Waals surface area contributed by atoms with Crippen LogP contribution in [0.4, 0.5) is 0 Å². The molecule has 1 aromatic heterocycles. The summed E-state index contributed by atoms with van der Waals surface area (Å²) in [5.41, 5.74) is 0. The van der Waals surface area contributed by atoms with Gasteiger partial charge in [-0.3, -0.25) is 9.89 Å². The summed E-state index contributed by atoms with van der Waals surface area (Å²) in [4.78, 5) is 15.4. The third-order valence-corrected chi connectivity index (χ3v) is 2.84. The fourth-order valence-corrected chi connectivity index (χ4v) is 1.85. The molecule has 90 valence electrons. The van der Waals surface area contributed by atoms with Crippen LogP contribution in [0, 0.1) is 17.8 Å². The van der Waals surface area contributed by atoms with Gasteiger partial charge in [-0.15, -0.1) is 0 Å². The number of amides is 1. The Bertz CT molecular complexity index is 311. The minimum absolute atomic E-state index is 0.191. The molecule has 0 fully saturated rings. The van der Waals surface area contributed by atoms with E-state index in [0.29, 0.717) is 24.3 Å². The van der Waals surface area contributed by atoms with Crippen LogP contribution in [0.5, 0.6) is 0 Å². The molecule has 16 heavy (non-hydrogen) atoms. The summed E-state index contributed by atoms with van der Waals surface area (Å²) >= 11 is 0. The Balaban J connectivity index is 2.47. The summed E-state index contributed by atoms with van der Waals surface area (Å²) in [6.07, 6.45) is 1.33. The summed E-state index contributed by atoms with van der Waals surface area (Å²) in [6.45, 7) is 9.36. The maximum absolute atomic E-state index is 11.6. The van der Waals surface area contributed by atoms with Crippen LogP contribution in [0.2, 0.25) is 0 Å². The van der Waals surface area contributed by atoms with Gasteiger partial charge in [0.05, 0.1) is 0 Å². The van der Waals surface area contributed by atoms with Gasteiger partial charge in [-0.2, -0.15) is 5.10 Å². The van der Waals surface area contributed by atoms with Crippen molar-refractivity contribution in [1.82, 2.24) is 20.5 Å². The van der Waals surface area contributed by atoms with Gasteiger partial charge in [-0.05, 0) is 17.8 Å². The lowest BCUT2D eigenvalue weighted by molar-refractivity contribution is 0.0927. The molecule has 0 saturated carbocycles. The minimum Gasteiger partial charge on any atom is -0.349 e. The first-order valence-electron chi connectivity index (χ1n) is 5.66. The average Bonchev–Trinajstić information content (AvgIpc) is 2.69. The Labute approximate surface area is 96.0 Å². The lowest BCUT2D eigenvalue weighted by Gasteiger charge is -2.24. The standard InChI is InChI=1S/C11H20N4O/c1-7(2)9(8(3)4)5-12-11(16)10-13-6-14-15-10/h6-9H,5H2,1-4H3,(H,12,16)(H,13,14,15). The quantitative estimate of drug-likeness (QED) is 0.795. The van der Waals surface area contributed by atoms with Gasteiger partial charge >= 0.3 is 0 Å². The number of nitrogens with one attached hydrogen (secondary N) is 2. The van der Waals surface area contributed by atoms with E-state index in [0.717, 1.165) is 0 Å². The molecule has 0 bridgehead atoms. The Morgan fingerprint density at radius 3 is 2.44 bits per heavy atom. The molecule has 5 nitrogen and oxygen atoms in total. The maximum Gasteiger partial charge on any atom is 0.288 e. The molecule has 1 aromatic rings. The van der Waals surface area contributed by atoms with Crippen molar-refractivity contribution in [3.63, 3.8) is 0 Å². The predicted octanol–water partition coefficient (Wildman–Crippen LogP) is 1.46. The van der Waals surface area contributed by atoms with E-state index in [1.807, 2.05) is 0 Å². The molecule has 0 atom stereocenters. The Morgan fingerprint density at radius 2 is 2.00 bits per heavy atom. The Hall–Kier alpha value is -1.39. The average molecular weight is 224 g/mol. The second-order valence-electron chi connectivity index (χ2n) is 4.70. The molecule has 0 spiro atoms. The van der Waals surface area contributed by atoms with Crippen LogP contribution in [0.3, 0.4) is 0 Å². The maximum atomic E-state index is 11.6. The van der Waals surface area contributed by atoms with Gasteiger partial charge < -0.3 is 5.32 Å². The third-order valence-electron chi connectivity index (χ3n) is 2.84. The molecule has 0 aliphatic rings. The van der Waals surface area contributed by atoms with E-state index in [9.17, 15) is 4.79 Å². The van der Waals surface area contributed by atoms with Crippen LogP contribution in [0.1, 0.15) is 38.3 Å². The van der Waals surface area contributed by atoms with Crippen LogP contribution < -0.4 is 5.32 Å². The number of rotatable bonds is 5. The molecular weight excluding hydrogens is 204 g/mol. The number of hydrogen-bond acceptors (Lipinski definition) is 3. The molecule has 5 heteroatoms. The number of nitrogens with zero attached hydrogens (tertiary/aromatic N) is 2. The van der Waals surface area contributed by atoms with E-state index in [-0.39, 0.29) is 11.7 Å². The molecule has 0 saturated heterocycles. The van der Waals surface area contributed by atoms with Crippen LogP contribution in [-0.2, 0) is 0 Å². The molecule has 1 amide bonds. The zero-order valence-corrected chi connectivity index (χ0v) is 10.3. The van der Waals surface area contributed by atoms with Crippen molar-refractivity contribution in [2.45, 2.75) is 27.7 Å².